The second-order valence-corrected chi connectivity index (χ2v) is 4.31. The molecule has 0 atom stereocenters. The summed E-state index contributed by atoms with van der Waals surface area (Å²) in [7, 11) is 0. The van der Waals surface area contributed by atoms with Gasteiger partial charge in [0.2, 0.25) is 0 Å². The van der Waals surface area contributed by atoms with E-state index in [0.717, 1.165) is 16.9 Å². The van der Waals surface area contributed by atoms with E-state index in [9.17, 15) is 0 Å². The highest BCUT2D eigenvalue weighted by molar-refractivity contribution is 5.35. The Kier molecular flexibility index (Phi) is 5.94. The van der Waals surface area contributed by atoms with Gasteiger partial charge in [-0.1, -0.05) is 49.1 Å². The zero-order valence-electron chi connectivity index (χ0n) is 12.0. The van der Waals surface area contributed by atoms with Crippen LogP contribution >= 0.6 is 0 Å². The van der Waals surface area contributed by atoms with E-state index in [0.29, 0.717) is 19.0 Å². The Bertz CT molecular complexity index is 484. The lowest BCUT2D eigenvalue weighted by molar-refractivity contribution is 0.190. The van der Waals surface area contributed by atoms with E-state index in [1.807, 2.05) is 26.0 Å². The van der Waals surface area contributed by atoms with Crippen molar-refractivity contribution in [2.24, 2.45) is 0 Å². The molecule has 0 unspecified atom stereocenters. The van der Waals surface area contributed by atoms with Crippen molar-refractivity contribution in [3.8, 4) is 0 Å². The van der Waals surface area contributed by atoms with Crippen molar-refractivity contribution >= 4 is 0 Å². The fourth-order valence-corrected chi connectivity index (χ4v) is 1.78. The molecule has 0 heterocycles. The highest BCUT2D eigenvalue weighted by Crippen LogP contribution is 2.18. The number of hydrogen-bond donors (Lipinski definition) is 0. The fourth-order valence-electron chi connectivity index (χ4n) is 1.78. The molecule has 0 saturated heterocycles. The molecular formula is C17H22O2. The largest absolute Gasteiger partial charge is 0.494 e. The molecule has 0 aliphatic rings. The van der Waals surface area contributed by atoms with Crippen molar-refractivity contribution in [3.63, 3.8) is 0 Å². The van der Waals surface area contributed by atoms with E-state index in [1.165, 1.54) is 5.56 Å². The quantitative estimate of drug-likeness (QED) is 0.528. The van der Waals surface area contributed by atoms with Crippen molar-refractivity contribution in [1.29, 1.82) is 0 Å². The Hall–Kier alpha value is -1.96. The van der Waals surface area contributed by atoms with Crippen LogP contribution in [0.4, 0.5) is 0 Å². The van der Waals surface area contributed by atoms with Crippen LogP contribution < -0.4 is 0 Å². The molecule has 102 valence electrons. The maximum atomic E-state index is 5.77. The highest BCUT2D eigenvalue weighted by atomic mass is 16.5. The van der Waals surface area contributed by atoms with E-state index in [4.69, 9.17) is 9.47 Å². The lowest BCUT2D eigenvalue weighted by Gasteiger charge is -2.13. The Labute approximate surface area is 116 Å². The Morgan fingerprint density at radius 3 is 2.63 bits per heavy atom. The summed E-state index contributed by atoms with van der Waals surface area (Å²) in [6, 6.07) is 8.25. The zero-order chi connectivity index (χ0) is 14.3. The minimum absolute atomic E-state index is 0.532. The molecular weight excluding hydrogens is 236 g/mol. The SMILES string of the molecule is C=C/C(C(=C)OCC)=C(/C)OCc1cccc(C)c1. The van der Waals surface area contributed by atoms with Crippen molar-refractivity contribution in [2.45, 2.75) is 27.4 Å². The summed E-state index contributed by atoms with van der Waals surface area (Å²) < 4.78 is 11.2. The minimum Gasteiger partial charge on any atom is -0.494 e. The molecule has 0 fully saturated rings. The van der Waals surface area contributed by atoms with Gasteiger partial charge in [-0.2, -0.15) is 0 Å². The van der Waals surface area contributed by atoms with Crippen LogP contribution in [-0.2, 0) is 16.1 Å². The van der Waals surface area contributed by atoms with Gasteiger partial charge in [-0.25, -0.2) is 0 Å². The normalized spacial score (nSPS) is 11.5. The first-order valence-corrected chi connectivity index (χ1v) is 6.42. The first kappa shape index (κ1) is 15.1. The van der Waals surface area contributed by atoms with E-state index in [-0.39, 0.29) is 0 Å². The van der Waals surface area contributed by atoms with Crippen LogP contribution in [-0.4, -0.2) is 6.61 Å². The maximum absolute atomic E-state index is 5.77. The molecule has 2 nitrogen and oxygen atoms in total. The smallest absolute Gasteiger partial charge is 0.122 e. The minimum atomic E-state index is 0.532. The Morgan fingerprint density at radius 1 is 1.32 bits per heavy atom. The Morgan fingerprint density at radius 2 is 2.05 bits per heavy atom. The molecule has 0 amide bonds. The molecule has 0 aromatic heterocycles. The van der Waals surface area contributed by atoms with Crippen LogP contribution in [0.1, 0.15) is 25.0 Å². The van der Waals surface area contributed by atoms with Crippen LogP contribution in [0.15, 0.2) is 60.6 Å². The van der Waals surface area contributed by atoms with Gasteiger partial charge in [-0.05, 0) is 26.3 Å². The second kappa shape index (κ2) is 7.47. The van der Waals surface area contributed by atoms with Crippen molar-refractivity contribution < 1.29 is 9.47 Å². The monoisotopic (exact) mass is 258 g/mol. The topological polar surface area (TPSA) is 18.5 Å². The van der Waals surface area contributed by atoms with Gasteiger partial charge < -0.3 is 9.47 Å². The van der Waals surface area contributed by atoms with Crippen molar-refractivity contribution in [3.05, 3.63) is 71.7 Å². The van der Waals surface area contributed by atoms with Gasteiger partial charge >= 0.3 is 0 Å². The van der Waals surface area contributed by atoms with E-state index < -0.39 is 0 Å². The molecule has 0 radical (unpaired) electrons. The lowest BCUT2D eigenvalue weighted by Crippen LogP contribution is -1.99. The number of allylic oxidation sites excluding steroid dienone is 2. The predicted molar refractivity (Wildman–Crippen MR) is 79.6 cm³/mol. The van der Waals surface area contributed by atoms with Gasteiger partial charge in [0.15, 0.2) is 0 Å². The number of aryl methyl sites for hydroxylation is 1. The summed E-state index contributed by atoms with van der Waals surface area (Å²) in [5.41, 5.74) is 3.18. The molecule has 0 aliphatic carbocycles. The first-order chi connectivity index (χ1) is 9.08. The maximum Gasteiger partial charge on any atom is 0.122 e. The number of benzene rings is 1. The molecule has 0 bridgehead atoms. The fraction of sp³-hybridized carbons (Fsp3) is 0.294. The van der Waals surface area contributed by atoms with Gasteiger partial charge in [-0.15, -0.1) is 0 Å². The third-order valence-corrected chi connectivity index (χ3v) is 2.74. The molecule has 2 heteroatoms. The molecule has 1 aromatic carbocycles. The molecule has 0 aliphatic heterocycles. The molecule has 1 rings (SSSR count). The van der Waals surface area contributed by atoms with Gasteiger partial charge in [0, 0.05) is 0 Å². The van der Waals surface area contributed by atoms with Crippen molar-refractivity contribution in [2.75, 3.05) is 6.61 Å². The summed E-state index contributed by atoms with van der Waals surface area (Å²) >= 11 is 0. The summed E-state index contributed by atoms with van der Waals surface area (Å²) in [4.78, 5) is 0. The molecule has 0 N–H and O–H groups in total. The lowest BCUT2D eigenvalue weighted by atomic mass is 10.1. The van der Waals surface area contributed by atoms with Crippen LogP contribution in [0.3, 0.4) is 0 Å². The zero-order valence-corrected chi connectivity index (χ0v) is 12.0. The molecule has 19 heavy (non-hydrogen) atoms. The van der Waals surface area contributed by atoms with Gasteiger partial charge in [0.25, 0.3) is 0 Å². The Balaban J connectivity index is 2.73. The summed E-state index contributed by atoms with van der Waals surface area (Å²) in [6.45, 7) is 14.7. The van der Waals surface area contributed by atoms with Crippen LogP contribution in [0, 0.1) is 6.92 Å². The molecule has 0 saturated carbocycles. The average molecular weight is 258 g/mol. The molecule has 0 spiro atoms. The standard InChI is InChI=1S/C17H22O2/c1-6-17(14(4)18-7-2)15(5)19-12-16-10-8-9-13(3)11-16/h6,8-11H,1,4,7,12H2,2-3,5H3/b17-15+. The van der Waals surface area contributed by atoms with Crippen molar-refractivity contribution in [1.82, 2.24) is 0 Å². The van der Waals surface area contributed by atoms with E-state index >= 15 is 0 Å². The first-order valence-electron chi connectivity index (χ1n) is 6.42. The predicted octanol–water partition coefficient (Wildman–Crippen LogP) is 4.52. The van der Waals surface area contributed by atoms with Crippen LogP contribution in [0.5, 0.6) is 0 Å². The summed E-state index contributed by atoms with van der Waals surface area (Å²) in [6.07, 6.45) is 1.71. The second-order valence-electron chi connectivity index (χ2n) is 4.31. The number of rotatable bonds is 7. The van der Waals surface area contributed by atoms with Crippen LogP contribution in [0.25, 0.3) is 0 Å². The van der Waals surface area contributed by atoms with Crippen LogP contribution in [0.2, 0.25) is 0 Å². The van der Waals surface area contributed by atoms with Gasteiger partial charge in [0.1, 0.15) is 18.1 Å². The van der Waals surface area contributed by atoms with Gasteiger partial charge in [0.05, 0.1) is 12.2 Å². The average Bonchev–Trinajstić information content (AvgIpc) is 2.37. The number of ether oxygens (including phenoxy) is 2. The summed E-state index contributed by atoms with van der Waals surface area (Å²) in [5, 5.41) is 0. The number of hydrogen-bond acceptors (Lipinski definition) is 2. The summed E-state index contributed by atoms with van der Waals surface area (Å²) in [5.74, 6) is 1.37. The third kappa shape index (κ3) is 4.66. The van der Waals surface area contributed by atoms with E-state index in [2.05, 4.69) is 32.2 Å². The molecule has 1 aromatic rings. The van der Waals surface area contributed by atoms with Gasteiger partial charge in [-0.3, -0.25) is 0 Å². The van der Waals surface area contributed by atoms with E-state index in [1.54, 1.807) is 6.08 Å². The third-order valence-electron chi connectivity index (χ3n) is 2.74. The highest BCUT2D eigenvalue weighted by Gasteiger charge is 2.06.